The molecular formula is C14H16BrN3O. The number of nitrogen functional groups attached to an aromatic ring is 1. The summed E-state index contributed by atoms with van der Waals surface area (Å²) in [5.41, 5.74) is 7.37. The Balaban J connectivity index is 1.87. The maximum Gasteiger partial charge on any atom is 0.258 e. The molecule has 0 atom stereocenters. The highest BCUT2D eigenvalue weighted by Gasteiger charge is 2.21. The molecule has 0 radical (unpaired) electrons. The third-order valence-corrected chi connectivity index (χ3v) is 4.04. The summed E-state index contributed by atoms with van der Waals surface area (Å²) in [6.45, 7) is 0. The van der Waals surface area contributed by atoms with Crippen molar-refractivity contribution in [1.82, 2.24) is 10.1 Å². The molecule has 0 aliphatic heterocycles. The number of nitrogens with two attached hydrogens (primary N) is 1. The molecule has 5 heteroatoms. The predicted octanol–water partition coefficient (Wildman–Crippen LogP) is 4.13. The predicted molar refractivity (Wildman–Crippen MR) is 77.7 cm³/mol. The molecule has 0 amide bonds. The molecule has 1 aliphatic rings. The van der Waals surface area contributed by atoms with Crippen LogP contribution in [0, 0.1) is 0 Å². The van der Waals surface area contributed by atoms with Crippen molar-refractivity contribution in [3.05, 3.63) is 28.5 Å². The van der Waals surface area contributed by atoms with Gasteiger partial charge in [0.15, 0.2) is 5.82 Å². The van der Waals surface area contributed by atoms with E-state index >= 15 is 0 Å². The van der Waals surface area contributed by atoms with Gasteiger partial charge < -0.3 is 10.3 Å². The van der Waals surface area contributed by atoms with Gasteiger partial charge in [-0.1, -0.05) is 40.3 Å². The van der Waals surface area contributed by atoms with E-state index < -0.39 is 0 Å². The topological polar surface area (TPSA) is 64.9 Å². The van der Waals surface area contributed by atoms with Gasteiger partial charge in [-0.15, -0.1) is 0 Å². The molecule has 0 unspecified atom stereocenters. The second-order valence-corrected chi connectivity index (χ2v) is 5.98. The molecule has 0 bridgehead atoms. The molecule has 0 spiro atoms. The summed E-state index contributed by atoms with van der Waals surface area (Å²) in [5, 5.41) is 4.13. The maximum atomic E-state index is 5.83. The van der Waals surface area contributed by atoms with Crippen LogP contribution in [0.4, 0.5) is 5.69 Å². The monoisotopic (exact) mass is 321 g/mol. The zero-order chi connectivity index (χ0) is 13.2. The van der Waals surface area contributed by atoms with Gasteiger partial charge in [-0.25, -0.2) is 0 Å². The van der Waals surface area contributed by atoms with Crippen molar-refractivity contribution in [3.63, 3.8) is 0 Å². The number of aromatic nitrogens is 2. The van der Waals surface area contributed by atoms with E-state index in [1.807, 2.05) is 18.2 Å². The van der Waals surface area contributed by atoms with Gasteiger partial charge in [0.2, 0.25) is 0 Å². The van der Waals surface area contributed by atoms with E-state index in [9.17, 15) is 0 Å². The fourth-order valence-corrected chi connectivity index (χ4v) is 3.13. The Labute approximate surface area is 120 Å². The minimum Gasteiger partial charge on any atom is -0.399 e. The Bertz CT molecular complexity index is 556. The lowest BCUT2D eigenvalue weighted by molar-refractivity contribution is 0.385. The van der Waals surface area contributed by atoms with Crippen molar-refractivity contribution in [3.8, 4) is 11.5 Å². The summed E-state index contributed by atoms with van der Waals surface area (Å²) in [7, 11) is 0. The molecule has 100 valence electrons. The van der Waals surface area contributed by atoms with Crippen LogP contribution >= 0.6 is 15.9 Å². The minimum atomic E-state index is 0.454. The first-order chi connectivity index (χ1) is 9.22. The van der Waals surface area contributed by atoms with Gasteiger partial charge in [0, 0.05) is 21.6 Å². The third-order valence-electron chi connectivity index (χ3n) is 3.58. The molecule has 2 N–H and O–H groups in total. The van der Waals surface area contributed by atoms with Crippen LogP contribution in [0.1, 0.15) is 43.8 Å². The molecule has 2 aromatic rings. The van der Waals surface area contributed by atoms with Crippen LogP contribution in [-0.2, 0) is 0 Å². The van der Waals surface area contributed by atoms with Gasteiger partial charge >= 0.3 is 0 Å². The maximum absolute atomic E-state index is 5.83. The molecule has 1 aliphatic carbocycles. The van der Waals surface area contributed by atoms with E-state index in [1.165, 1.54) is 32.1 Å². The van der Waals surface area contributed by atoms with E-state index in [2.05, 4.69) is 26.1 Å². The minimum absolute atomic E-state index is 0.454. The summed E-state index contributed by atoms with van der Waals surface area (Å²) in [6.07, 6.45) is 6.18. The highest BCUT2D eigenvalue weighted by atomic mass is 79.9. The summed E-state index contributed by atoms with van der Waals surface area (Å²) < 4.78 is 6.29. The first kappa shape index (κ1) is 12.7. The molecule has 4 nitrogen and oxygen atoms in total. The summed E-state index contributed by atoms with van der Waals surface area (Å²) >= 11 is 3.42. The van der Waals surface area contributed by atoms with E-state index in [0.29, 0.717) is 17.5 Å². The Morgan fingerprint density at radius 1 is 1.16 bits per heavy atom. The van der Waals surface area contributed by atoms with E-state index in [0.717, 1.165) is 15.9 Å². The smallest absolute Gasteiger partial charge is 0.258 e. The van der Waals surface area contributed by atoms with Crippen LogP contribution < -0.4 is 5.73 Å². The fourth-order valence-electron chi connectivity index (χ4n) is 2.61. The highest BCUT2D eigenvalue weighted by molar-refractivity contribution is 9.10. The quantitative estimate of drug-likeness (QED) is 0.844. The number of hydrogen-bond donors (Lipinski definition) is 1. The summed E-state index contributed by atoms with van der Waals surface area (Å²) in [5.74, 6) is 1.84. The molecule has 1 aromatic carbocycles. The van der Waals surface area contributed by atoms with Crippen LogP contribution in [0.5, 0.6) is 0 Å². The fraction of sp³-hybridized carbons (Fsp3) is 0.429. The lowest BCUT2D eigenvalue weighted by Crippen LogP contribution is -2.06. The average molecular weight is 322 g/mol. The zero-order valence-corrected chi connectivity index (χ0v) is 12.2. The van der Waals surface area contributed by atoms with Crippen LogP contribution in [0.15, 0.2) is 27.2 Å². The van der Waals surface area contributed by atoms with Crippen LogP contribution in [0.25, 0.3) is 11.5 Å². The molecule has 3 rings (SSSR count). The summed E-state index contributed by atoms with van der Waals surface area (Å²) in [6, 6.07) is 5.64. The van der Waals surface area contributed by atoms with Crippen LogP contribution in [-0.4, -0.2) is 10.1 Å². The standard InChI is InChI=1S/C14H16BrN3O/c15-11-6-10(7-12(16)8-11)14-17-13(18-19-14)9-4-2-1-3-5-9/h6-9H,1-5,16H2. The SMILES string of the molecule is Nc1cc(Br)cc(-c2nc(C3CCCCC3)no2)c1. The number of anilines is 1. The van der Waals surface area contributed by atoms with Crippen molar-refractivity contribution in [1.29, 1.82) is 0 Å². The van der Waals surface area contributed by atoms with Gasteiger partial charge in [0.05, 0.1) is 0 Å². The normalized spacial score (nSPS) is 16.7. The van der Waals surface area contributed by atoms with Gasteiger partial charge in [-0.2, -0.15) is 4.98 Å². The van der Waals surface area contributed by atoms with Crippen molar-refractivity contribution in [2.45, 2.75) is 38.0 Å². The van der Waals surface area contributed by atoms with Gasteiger partial charge in [0.25, 0.3) is 5.89 Å². The highest BCUT2D eigenvalue weighted by Crippen LogP contribution is 2.32. The molecule has 1 saturated carbocycles. The number of nitrogens with zero attached hydrogens (tertiary/aromatic N) is 2. The van der Waals surface area contributed by atoms with Crippen LogP contribution in [0.2, 0.25) is 0 Å². The van der Waals surface area contributed by atoms with Gasteiger partial charge in [-0.3, -0.25) is 0 Å². The third kappa shape index (κ3) is 2.81. The summed E-state index contributed by atoms with van der Waals surface area (Å²) in [4.78, 5) is 4.53. The van der Waals surface area contributed by atoms with Crippen molar-refractivity contribution >= 4 is 21.6 Å². The first-order valence-electron chi connectivity index (χ1n) is 6.62. The largest absolute Gasteiger partial charge is 0.399 e. The number of halogens is 1. The Hall–Kier alpha value is -1.36. The second-order valence-electron chi connectivity index (χ2n) is 5.07. The number of rotatable bonds is 2. The second kappa shape index (κ2) is 5.33. The molecule has 1 fully saturated rings. The molecular weight excluding hydrogens is 306 g/mol. The molecule has 19 heavy (non-hydrogen) atoms. The van der Waals surface area contributed by atoms with E-state index in [4.69, 9.17) is 10.3 Å². The Kier molecular flexibility index (Phi) is 3.55. The lowest BCUT2D eigenvalue weighted by atomic mass is 9.89. The van der Waals surface area contributed by atoms with E-state index in [1.54, 1.807) is 0 Å². The number of benzene rings is 1. The first-order valence-corrected chi connectivity index (χ1v) is 7.42. The lowest BCUT2D eigenvalue weighted by Gasteiger charge is -2.17. The molecule has 0 saturated heterocycles. The zero-order valence-electron chi connectivity index (χ0n) is 10.6. The average Bonchev–Trinajstić information content (AvgIpc) is 2.88. The van der Waals surface area contributed by atoms with Gasteiger partial charge in [0.1, 0.15) is 0 Å². The van der Waals surface area contributed by atoms with Crippen molar-refractivity contribution in [2.75, 3.05) is 5.73 Å². The van der Waals surface area contributed by atoms with Crippen LogP contribution in [0.3, 0.4) is 0 Å². The molecule has 1 heterocycles. The molecule has 1 aromatic heterocycles. The number of hydrogen-bond acceptors (Lipinski definition) is 4. The Morgan fingerprint density at radius 3 is 2.68 bits per heavy atom. The van der Waals surface area contributed by atoms with Crippen molar-refractivity contribution < 1.29 is 4.52 Å². The van der Waals surface area contributed by atoms with Gasteiger partial charge in [-0.05, 0) is 31.0 Å². The Morgan fingerprint density at radius 2 is 1.95 bits per heavy atom. The van der Waals surface area contributed by atoms with Crippen molar-refractivity contribution in [2.24, 2.45) is 0 Å². The van der Waals surface area contributed by atoms with E-state index in [-0.39, 0.29) is 0 Å².